The third kappa shape index (κ3) is 4.17. The molecule has 0 aliphatic heterocycles. The van der Waals surface area contributed by atoms with E-state index in [0.29, 0.717) is 4.88 Å². The molecule has 1 aromatic carbocycles. The van der Waals surface area contributed by atoms with Crippen molar-refractivity contribution in [1.82, 2.24) is 5.32 Å². The van der Waals surface area contributed by atoms with Crippen LogP contribution in [0.5, 0.6) is 0 Å². The summed E-state index contributed by atoms with van der Waals surface area (Å²) in [6.07, 6.45) is 0. The molecule has 1 amide bonds. The van der Waals surface area contributed by atoms with Crippen molar-refractivity contribution in [2.75, 3.05) is 6.54 Å². The van der Waals surface area contributed by atoms with E-state index in [1.807, 2.05) is 0 Å². The second-order valence-electron chi connectivity index (χ2n) is 5.40. The molecule has 0 bridgehead atoms. The van der Waals surface area contributed by atoms with E-state index in [4.69, 9.17) is 0 Å². The number of rotatable bonds is 6. The molecule has 0 saturated carbocycles. The highest BCUT2D eigenvalue weighted by Gasteiger charge is 2.30. The maximum absolute atomic E-state index is 13.0. The van der Waals surface area contributed by atoms with E-state index in [-0.39, 0.29) is 23.3 Å². The summed E-state index contributed by atoms with van der Waals surface area (Å²) in [7, 11) is -3.73. The van der Waals surface area contributed by atoms with Gasteiger partial charge in [0, 0.05) is 17.3 Å². The summed E-state index contributed by atoms with van der Waals surface area (Å²) in [5.74, 6) is -0.932. The molecule has 0 radical (unpaired) electrons. The third-order valence-corrected chi connectivity index (χ3v) is 6.60. The van der Waals surface area contributed by atoms with Crippen molar-refractivity contribution >= 4 is 27.1 Å². The van der Waals surface area contributed by atoms with Crippen molar-refractivity contribution in [1.29, 1.82) is 0 Å². The van der Waals surface area contributed by atoms with Crippen LogP contribution in [0.15, 0.2) is 46.7 Å². The molecule has 7 heteroatoms. The van der Waals surface area contributed by atoms with Crippen LogP contribution in [0.4, 0.5) is 4.39 Å². The summed E-state index contributed by atoms with van der Waals surface area (Å²) < 4.78 is 38.8. The fourth-order valence-electron chi connectivity index (χ4n) is 2.02. The van der Waals surface area contributed by atoms with Gasteiger partial charge >= 0.3 is 0 Å². The average molecular weight is 355 g/mol. The summed E-state index contributed by atoms with van der Waals surface area (Å²) >= 11 is 1.31. The predicted molar refractivity (Wildman–Crippen MR) is 88.5 cm³/mol. The molecule has 0 saturated heterocycles. The minimum atomic E-state index is -3.73. The zero-order chi connectivity index (χ0) is 17.0. The highest BCUT2D eigenvalue weighted by Crippen LogP contribution is 2.31. The maximum atomic E-state index is 13.0. The number of sulfone groups is 1. The fraction of sp³-hybridized carbons (Fsp3) is 0.312. The van der Waals surface area contributed by atoms with E-state index in [2.05, 4.69) is 5.32 Å². The van der Waals surface area contributed by atoms with E-state index >= 15 is 0 Å². The molecule has 1 aromatic heterocycles. The van der Waals surface area contributed by atoms with Gasteiger partial charge in [0.15, 0.2) is 9.84 Å². The summed E-state index contributed by atoms with van der Waals surface area (Å²) in [5.41, 5.74) is 0. The molecule has 1 N–H and O–H groups in total. The topological polar surface area (TPSA) is 63.2 Å². The van der Waals surface area contributed by atoms with Gasteiger partial charge in [-0.05, 0) is 35.7 Å². The lowest BCUT2D eigenvalue weighted by molar-refractivity contribution is -0.123. The molecule has 1 heterocycles. The van der Waals surface area contributed by atoms with Gasteiger partial charge in [-0.1, -0.05) is 19.9 Å². The molecule has 23 heavy (non-hydrogen) atoms. The van der Waals surface area contributed by atoms with Crippen molar-refractivity contribution in [2.45, 2.75) is 24.0 Å². The van der Waals surface area contributed by atoms with Gasteiger partial charge in [-0.3, -0.25) is 4.79 Å². The minimum absolute atomic E-state index is 0.0166. The Balaban J connectivity index is 2.33. The Morgan fingerprint density at radius 3 is 2.39 bits per heavy atom. The largest absolute Gasteiger partial charge is 0.354 e. The monoisotopic (exact) mass is 355 g/mol. The van der Waals surface area contributed by atoms with E-state index in [0.717, 1.165) is 12.1 Å². The van der Waals surface area contributed by atoms with E-state index in [1.165, 1.54) is 23.5 Å². The maximum Gasteiger partial charge on any atom is 0.222 e. The SMILES string of the molecule is CC(C)C(=O)NC[C@H](c1cccs1)S(=O)(=O)c1ccc(F)cc1. The molecule has 0 fully saturated rings. The van der Waals surface area contributed by atoms with Crippen LogP contribution in [-0.2, 0) is 14.6 Å². The lowest BCUT2D eigenvalue weighted by Crippen LogP contribution is -2.34. The number of hydrogen-bond donors (Lipinski definition) is 1. The quantitative estimate of drug-likeness (QED) is 0.810. The first-order valence-electron chi connectivity index (χ1n) is 7.13. The number of amides is 1. The molecule has 2 aromatic rings. The molecule has 0 spiro atoms. The highest BCUT2D eigenvalue weighted by atomic mass is 32.2. The molecular weight excluding hydrogens is 337 g/mol. The Bertz CT molecular complexity index is 753. The van der Waals surface area contributed by atoms with Crippen LogP contribution in [0.1, 0.15) is 24.0 Å². The third-order valence-electron chi connectivity index (χ3n) is 3.36. The Labute approximate surface area is 139 Å². The predicted octanol–water partition coefficient (Wildman–Crippen LogP) is 3.17. The van der Waals surface area contributed by atoms with E-state index in [1.54, 1.807) is 31.4 Å². The lowest BCUT2D eigenvalue weighted by Gasteiger charge is -2.18. The Kier molecular flexibility index (Phi) is 5.54. The van der Waals surface area contributed by atoms with Crippen LogP contribution in [-0.4, -0.2) is 20.9 Å². The number of carbonyl (C=O) groups excluding carboxylic acids is 1. The van der Waals surface area contributed by atoms with Crippen molar-refractivity contribution in [3.05, 3.63) is 52.5 Å². The van der Waals surface area contributed by atoms with Crippen LogP contribution in [0, 0.1) is 11.7 Å². The summed E-state index contributed by atoms with van der Waals surface area (Å²) in [6, 6.07) is 8.20. The van der Waals surface area contributed by atoms with Crippen LogP contribution >= 0.6 is 11.3 Å². The van der Waals surface area contributed by atoms with Gasteiger partial charge in [0.2, 0.25) is 5.91 Å². The number of nitrogens with one attached hydrogen (secondary N) is 1. The first kappa shape index (κ1) is 17.6. The highest BCUT2D eigenvalue weighted by molar-refractivity contribution is 7.91. The fourth-order valence-corrected chi connectivity index (χ4v) is 4.81. The van der Waals surface area contributed by atoms with Crippen LogP contribution in [0.25, 0.3) is 0 Å². The Morgan fingerprint density at radius 2 is 1.87 bits per heavy atom. The molecule has 0 aliphatic carbocycles. The Morgan fingerprint density at radius 1 is 1.22 bits per heavy atom. The number of benzene rings is 1. The molecule has 0 aliphatic rings. The molecule has 124 valence electrons. The second-order valence-corrected chi connectivity index (χ2v) is 8.51. The summed E-state index contributed by atoms with van der Waals surface area (Å²) in [4.78, 5) is 12.4. The summed E-state index contributed by atoms with van der Waals surface area (Å²) in [5, 5.41) is 3.56. The summed E-state index contributed by atoms with van der Waals surface area (Å²) in [6.45, 7) is 3.46. The molecule has 2 rings (SSSR count). The van der Waals surface area contributed by atoms with Gasteiger partial charge in [-0.25, -0.2) is 12.8 Å². The van der Waals surface area contributed by atoms with Gasteiger partial charge in [-0.2, -0.15) is 0 Å². The van der Waals surface area contributed by atoms with Crippen LogP contribution in [0.3, 0.4) is 0 Å². The first-order chi connectivity index (χ1) is 10.8. The van der Waals surface area contributed by atoms with Crippen LogP contribution in [0.2, 0.25) is 0 Å². The van der Waals surface area contributed by atoms with Gasteiger partial charge in [0.1, 0.15) is 11.1 Å². The first-order valence-corrected chi connectivity index (χ1v) is 9.55. The zero-order valence-corrected chi connectivity index (χ0v) is 14.5. The van der Waals surface area contributed by atoms with Gasteiger partial charge in [0.05, 0.1) is 4.90 Å². The number of halogens is 1. The lowest BCUT2D eigenvalue weighted by atomic mass is 10.2. The zero-order valence-electron chi connectivity index (χ0n) is 12.8. The van der Waals surface area contributed by atoms with Gasteiger partial charge in [0.25, 0.3) is 0 Å². The number of thiophene rings is 1. The van der Waals surface area contributed by atoms with Crippen molar-refractivity contribution < 1.29 is 17.6 Å². The van der Waals surface area contributed by atoms with Gasteiger partial charge in [-0.15, -0.1) is 11.3 Å². The van der Waals surface area contributed by atoms with Gasteiger partial charge < -0.3 is 5.32 Å². The average Bonchev–Trinajstić information content (AvgIpc) is 3.01. The number of hydrogen-bond acceptors (Lipinski definition) is 4. The Hall–Kier alpha value is -1.73. The normalized spacial score (nSPS) is 13.0. The molecule has 4 nitrogen and oxygen atoms in total. The van der Waals surface area contributed by atoms with Crippen LogP contribution < -0.4 is 5.32 Å². The smallest absolute Gasteiger partial charge is 0.222 e. The minimum Gasteiger partial charge on any atom is -0.354 e. The standard InChI is InChI=1S/C16H18FNO3S2/c1-11(2)16(19)18-10-15(14-4-3-9-22-14)23(20,21)13-7-5-12(17)6-8-13/h3-9,11,15H,10H2,1-2H3,(H,18,19)/t15-/m1/s1. The number of carbonyl (C=O) groups is 1. The van der Waals surface area contributed by atoms with Crippen molar-refractivity contribution in [3.63, 3.8) is 0 Å². The van der Waals surface area contributed by atoms with Crippen molar-refractivity contribution in [3.8, 4) is 0 Å². The van der Waals surface area contributed by atoms with E-state index < -0.39 is 20.9 Å². The van der Waals surface area contributed by atoms with E-state index in [9.17, 15) is 17.6 Å². The second kappa shape index (κ2) is 7.23. The molecule has 0 unspecified atom stereocenters. The molecular formula is C16H18FNO3S2. The van der Waals surface area contributed by atoms with Crippen molar-refractivity contribution in [2.24, 2.45) is 5.92 Å². The molecule has 1 atom stereocenters.